The Balaban J connectivity index is 2.01. The zero-order chi connectivity index (χ0) is 15.4. The van der Waals surface area contributed by atoms with Crippen LogP contribution >= 0.6 is 11.3 Å². The molecular weight excluding hydrogens is 288 g/mol. The molecule has 0 saturated carbocycles. The maximum absolute atomic E-state index is 12.3. The van der Waals surface area contributed by atoms with Crippen molar-refractivity contribution in [3.63, 3.8) is 0 Å². The van der Waals surface area contributed by atoms with E-state index < -0.39 is 5.97 Å². The summed E-state index contributed by atoms with van der Waals surface area (Å²) in [5.41, 5.74) is 0.654. The average molecular weight is 308 g/mol. The van der Waals surface area contributed by atoms with E-state index >= 15 is 0 Å². The largest absolute Gasteiger partial charge is 0.478 e. The van der Waals surface area contributed by atoms with E-state index in [1.54, 1.807) is 11.4 Å². The van der Waals surface area contributed by atoms with Crippen LogP contribution in [0.3, 0.4) is 0 Å². The number of piperidine rings is 1. The molecule has 2 N–H and O–H groups in total. The van der Waals surface area contributed by atoms with Gasteiger partial charge in [0, 0.05) is 24.7 Å². The van der Waals surface area contributed by atoms with Crippen molar-refractivity contribution in [2.45, 2.75) is 31.8 Å². The van der Waals surface area contributed by atoms with Crippen LogP contribution in [0.15, 0.2) is 17.5 Å². The van der Waals surface area contributed by atoms with Crippen molar-refractivity contribution in [2.24, 2.45) is 0 Å². The summed E-state index contributed by atoms with van der Waals surface area (Å²) >= 11 is 1.33. The molecule has 1 saturated heterocycles. The minimum Gasteiger partial charge on any atom is -0.478 e. The van der Waals surface area contributed by atoms with Crippen LogP contribution in [-0.2, 0) is 4.79 Å². The van der Waals surface area contributed by atoms with E-state index in [1.165, 1.54) is 17.4 Å². The number of hydrogen-bond donors (Lipinski definition) is 2. The molecule has 0 aliphatic carbocycles. The zero-order valence-electron chi connectivity index (χ0n) is 12.2. The molecule has 2 unspecified atom stereocenters. The van der Waals surface area contributed by atoms with Crippen LogP contribution in [0, 0.1) is 0 Å². The number of likely N-dealkylation sites (tertiary alicyclic amines) is 1. The summed E-state index contributed by atoms with van der Waals surface area (Å²) in [4.78, 5) is 25.8. The van der Waals surface area contributed by atoms with Crippen molar-refractivity contribution in [1.82, 2.24) is 10.2 Å². The Kier molecular flexibility index (Phi) is 5.14. The number of nitrogens with zero attached hydrogens (tertiary/aromatic N) is 1. The first kappa shape index (κ1) is 15.7. The SMILES string of the molecule is CC1CC(NC(=O)c2sccc2/C=C/C(=O)O)CCN1C. The van der Waals surface area contributed by atoms with E-state index in [-0.39, 0.29) is 11.9 Å². The molecule has 2 atom stereocenters. The summed E-state index contributed by atoms with van der Waals surface area (Å²) in [6.45, 7) is 3.13. The van der Waals surface area contributed by atoms with E-state index in [9.17, 15) is 9.59 Å². The highest BCUT2D eigenvalue weighted by Crippen LogP contribution is 2.20. The minimum atomic E-state index is -1.02. The van der Waals surface area contributed by atoms with Crippen LogP contribution in [0.1, 0.15) is 35.0 Å². The Bertz CT molecular complexity index is 553. The highest BCUT2D eigenvalue weighted by molar-refractivity contribution is 7.12. The van der Waals surface area contributed by atoms with Gasteiger partial charge >= 0.3 is 5.97 Å². The van der Waals surface area contributed by atoms with Gasteiger partial charge in [-0.15, -0.1) is 11.3 Å². The summed E-state index contributed by atoms with van der Waals surface area (Å²) in [6, 6.07) is 2.40. The number of aliphatic carboxylic acids is 1. The van der Waals surface area contributed by atoms with Gasteiger partial charge in [-0.3, -0.25) is 4.79 Å². The van der Waals surface area contributed by atoms with E-state index in [1.807, 2.05) is 0 Å². The second-order valence-corrected chi connectivity index (χ2v) is 6.32. The first-order valence-electron chi connectivity index (χ1n) is 6.97. The van der Waals surface area contributed by atoms with E-state index in [0.717, 1.165) is 25.5 Å². The van der Waals surface area contributed by atoms with Gasteiger partial charge in [0.2, 0.25) is 0 Å². The maximum Gasteiger partial charge on any atom is 0.328 e. The Labute approximate surface area is 128 Å². The molecular formula is C15H20N2O3S. The van der Waals surface area contributed by atoms with Crippen molar-refractivity contribution >= 4 is 29.3 Å². The third-order valence-corrected chi connectivity index (χ3v) is 4.78. The number of nitrogens with one attached hydrogen (secondary N) is 1. The van der Waals surface area contributed by atoms with Gasteiger partial charge in [-0.25, -0.2) is 4.79 Å². The van der Waals surface area contributed by atoms with Gasteiger partial charge in [0.05, 0.1) is 4.88 Å². The molecule has 1 aromatic heterocycles. The molecule has 2 heterocycles. The fraction of sp³-hybridized carbons (Fsp3) is 0.467. The molecule has 6 heteroatoms. The predicted octanol–water partition coefficient (Wildman–Crippen LogP) is 2.06. The van der Waals surface area contributed by atoms with E-state index in [2.05, 4.69) is 24.2 Å². The quantitative estimate of drug-likeness (QED) is 0.835. The average Bonchev–Trinajstić information content (AvgIpc) is 2.89. The standard InChI is InChI=1S/C15H20N2O3S/c1-10-9-12(5-7-17(10)2)16-15(20)14-11(6-8-21-14)3-4-13(18)19/h3-4,6,8,10,12H,5,7,9H2,1-2H3,(H,16,20)(H,18,19)/b4-3+. The second-order valence-electron chi connectivity index (χ2n) is 5.40. The summed E-state index contributed by atoms with van der Waals surface area (Å²) in [6.07, 6.45) is 4.40. The van der Waals surface area contributed by atoms with Crippen molar-refractivity contribution in [3.05, 3.63) is 28.0 Å². The van der Waals surface area contributed by atoms with Crippen molar-refractivity contribution in [1.29, 1.82) is 0 Å². The fourth-order valence-corrected chi connectivity index (χ4v) is 3.26. The molecule has 1 fully saturated rings. The summed E-state index contributed by atoms with van der Waals surface area (Å²) < 4.78 is 0. The highest BCUT2D eigenvalue weighted by Gasteiger charge is 2.25. The molecule has 1 aliphatic rings. The molecule has 0 bridgehead atoms. The molecule has 0 aromatic carbocycles. The molecule has 5 nitrogen and oxygen atoms in total. The second kappa shape index (κ2) is 6.87. The lowest BCUT2D eigenvalue weighted by Gasteiger charge is -2.35. The molecule has 1 amide bonds. The minimum absolute atomic E-state index is 0.114. The van der Waals surface area contributed by atoms with Crippen molar-refractivity contribution in [3.8, 4) is 0 Å². The topological polar surface area (TPSA) is 69.6 Å². The summed E-state index contributed by atoms with van der Waals surface area (Å²) in [5, 5.41) is 13.5. The Hall–Kier alpha value is -1.66. The van der Waals surface area contributed by atoms with E-state index in [4.69, 9.17) is 5.11 Å². The predicted molar refractivity (Wildman–Crippen MR) is 83.6 cm³/mol. The zero-order valence-corrected chi connectivity index (χ0v) is 13.0. The number of amides is 1. The lowest BCUT2D eigenvalue weighted by Crippen LogP contribution is -2.47. The summed E-state index contributed by atoms with van der Waals surface area (Å²) in [7, 11) is 2.09. The van der Waals surface area contributed by atoms with Crippen LogP contribution in [0.5, 0.6) is 0 Å². The number of thiophene rings is 1. The van der Waals surface area contributed by atoms with Crippen LogP contribution in [0.4, 0.5) is 0 Å². The Morgan fingerprint density at radius 2 is 2.29 bits per heavy atom. The third kappa shape index (κ3) is 4.15. The Morgan fingerprint density at radius 1 is 1.52 bits per heavy atom. The fourth-order valence-electron chi connectivity index (χ4n) is 2.47. The first-order valence-corrected chi connectivity index (χ1v) is 7.85. The number of carbonyl (C=O) groups is 2. The lowest BCUT2D eigenvalue weighted by atomic mass is 9.99. The summed E-state index contributed by atoms with van der Waals surface area (Å²) in [5.74, 6) is -1.13. The molecule has 0 radical (unpaired) electrons. The number of hydrogen-bond acceptors (Lipinski definition) is 4. The maximum atomic E-state index is 12.3. The van der Waals surface area contributed by atoms with Gasteiger partial charge in [-0.05, 0) is 49.9 Å². The highest BCUT2D eigenvalue weighted by atomic mass is 32.1. The van der Waals surface area contributed by atoms with Gasteiger partial charge in [-0.1, -0.05) is 0 Å². The lowest BCUT2D eigenvalue weighted by molar-refractivity contribution is -0.131. The normalized spacial score (nSPS) is 23.3. The van der Waals surface area contributed by atoms with Crippen LogP contribution in [-0.4, -0.2) is 47.6 Å². The molecule has 21 heavy (non-hydrogen) atoms. The molecule has 2 rings (SSSR count). The molecule has 114 valence electrons. The van der Waals surface area contributed by atoms with Gasteiger partial charge in [0.15, 0.2) is 0 Å². The Morgan fingerprint density at radius 3 is 2.95 bits per heavy atom. The first-order chi connectivity index (χ1) is 9.97. The third-order valence-electron chi connectivity index (χ3n) is 3.85. The number of rotatable bonds is 4. The van der Waals surface area contributed by atoms with Gasteiger partial charge < -0.3 is 15.3 Å². The van der Waals surface area contributed by atoms with Gasteiger partial charge in [0.1, 0.15) is 0 Å². The van der Waals surface area contributed by atoms with Crippen LogP contribution in [0.2, 0.25) is 0 Å². The number of carbonyl (C=O) groups excluding carboxylic acids is 1. The van der Waals surface area contributed by atoms with Crippen LogP contribution in [0.25, 0.3) is 6.08 Å². The molecule has 1 aliphatic heterocycles. The molecule has 1 aromatic rings. The van der Waals surface area contributed by atoms with Gasteiger partial charge in [0.25, 0.3) is 5.91 Å². The monoisotopic (exact) mass is 308 g/mol. The molecule has 0 spiro atoms. The van der Waals surface area contributed by atoms with E-state index in [0.29, 0.717) is 16.5 Å². The van der Waals surface area contributed by atoms with Gasteiger partial charge in [-0.2, -0.15) is 0 Å². The van der Waals surface area contributed by atoms with Crippen molar-refractivity contribution in [2.75, 3.05) is 13.6 Å². The van der Waals surface area contributed by atoms with Crippen molar-refractivity contribution < 1.29 is 14.7 Å². The smallest absolute Gasteiger partial charge is 0.328 e. The number of carboxylic acids is 1. The van der Waals surface area contributed by atoms with Crippen LogP contribution < -0.4 is 5.32 Å². The number of carboxylic acid groups (broad SMARTS) is 1.